The number of rotatable bonds is 1. The van der Waals surface area contributed by atoms with Gasteiger partial charge in [-0.2, -0.15) is 0 Å². The number of hydrogen-bond donors (Lipinski definition) is 1. The van der Waals surface area contributed by atoms with E-state index in [1.165, 1.54) is 32.2 Å². The maximum Gasteiger partial charge on any atom is 0.00958 e. The lowest BCUT2D eigenvalue weighted by atomic mass is 10.1. The molecule has 0 aromatic rings. The fourth-order valence-corrected chi connectivity index (χ4v) is 1.61. The van der Waals surface area contributed by atoms with Crippen LogP contribution in [0.3, 0.4) is 0 Å². The van der Waals surface area contributed by atoms with E-state index in [2.05, 4.69) is 5.32 Å². The van der Waals surface area contributed by atoms with Crippen LogP contribution in [0.25, 0.3) is 0 Å². The van der Waals surface area contributed by atoms with E-state index < -0.39 is 0 Å². The maximum atomic E-state index is 3.52. The molecule has 54 valence electrons. The predicted molar refractivity (Wildman–Crippen MR) is 41.0 cm³/mol. The zero-order chi connectivity index (χ0) is 5.40. The highest BCUT2D eigenvalue weighted by atomic mass is 35.5. The molecule has 1 heterocycles. The van der Waals surface area contributed by atoms with Crippen LogP contribution in [0, 0.1) is 5.92 Å². The molecule has 9 heavy (non-hydrogen) atoms. The first-order valence-corrected chi connectivity index (χ1v) is 3.70. The summed E-state index contributed by atoms with van der Waals surface area (Å²) < 4.78 is 0. The van der Waals surface area contributed by atoms with E-state index in [0.717, 1.165) is 12.0 Å². The summed E-state index contributed by atoms with van der Waals surface area (Å²) in [5, 5.41) is 3.52. The number of hydrogen-bond acceptors (Lipinski definition) is 1. The van der Waals surface area contributed by atoms with Crippen molar-refractivity contribution in [2.24, 2.45) is 5.92 Å². The lowest BCUT2D eigenvalue weighted by Gasteiger charge is -2.04. The lowest BCUT2D eigenvalue weighted by Crippen LogP contribution is -2.22. The van der Waals surface area contributed by atoms with Crippen molar-refractivity contribution in [2.75, 3.05) is 6.54 Å². The molecule has 0 amide bonds. The van der Waals surface area contributed by atoms with Crippen LogP contribution >= 0.6 is 12.4 Å². The molecule has 1 aliphatic heterocycles. The molecule has 0 spiro atoms. The van der Waals surface area contributed by atoms with Crippen LogP contribution in [0.1, 0.15) is 25.7 Å². The molecule has 1 aliphatic carbocycles. The smallest absolute Gasteiger partial charge is 0.00958 e. The highest BCUT2D eigenvalue weighted by Gasteiger charge is 2.32. The number of nitrogens with one attached hydrogen (secondary N) is 1. The predicted octanol–water partition coefficient (Wildman–Crippen LogP) is 1.57. The molecule has 1 nitrogen and oxygen atoms in total. The maximum absolute atomic E-state index is 3.52. The third-order valence-corrected chi connectivity index (χ3v) is 2.29. The molecule has 0 radical (unpaired) electrons. The first-order chi connectivity index (χ1) is 3.97. The van der Waals surface area contributed by atoms with Gasteiger partial charge in [-0.15, -0.1) is 12.4 Å². The quantitative estimate of drug-likeness (QED) is 0.594. The Labute approximate surface area is 62.6 Å². The van der Waals surface area contributed by atoms with Crippen LogP contribution in [0.15, 0.2) is 0 Å². The second kappa shape index (κ2) is 2.89. The number of halogens is 1. The minimum absolute atomic E-state index is 0. The Balaban J connectivity index is 0.000000405. The second-order valence-electron chi connectivity index (χ2n) is 3.04. The topological polar surface area (TPSA) is 12.0 Å². The first kappa shape index (κ1) is 7.36. The van der Waals surface area contributed by atoms with Crippen molar-refractivity contribution in [3.05, 3.63) is 0 Å². The summed E-state index contributed by atoms with van der Waals surface area (Å²) >= 11 is 0. The largest absolute Gasteiger partial charge is 0.314 e. The molecular formula is C7H14ClN. The molecule has 2 heteroatoms. The van der Waals surface area contributed by atoms with Crippen molar-refractivity contribution in [3.63, 3.8) is 0 Å². The van der Waals surface area contributed by atoms with Crippen LogP contribution < -0.4 is 5.32 Å². The third kappa shape index (κ3) is 1.59. The van der Waals surface area contributed by atoms with Gasteiger partial charge < -0.3 is 5.32 Å². The van der Waals surface area contributed by atoms with Gasteiger partial charge in [-0.05, 0) is 38.1 Å². The van der Waals surface area contributed by atoms with Crippen LogP contribution in [0.4, 0.5) is 0 Å². The van der Waals surface area contributed by atoms with Crippen molar-refractivity contribution >= 4 is 12.4 Å². The zero-order valence-corrected chi connectivity index (χ0v) is 6.41. The van der Waals surface area contributed by atoms with Gasteiger partial charge in [0, 0.05) is 6.04 Å². The fraction of sp³-hybridized carbons (Fsp3) is 1.00. The highest BCUT2D eigenvalue weighted by Crippen LogP contribution is 2.35. The van der Waals surface area contributed by atoms with Gasteiger partial charge in [-0.1, -0.05) is 0 Å². The second-order valence-corrected chi connectivity index (χ2v) is 3.04. The van der Waals surface area contributed by atoms with E-state index in [1.54, 1.807) is 0 Å². The fourth-order valence-electron chi connectivity index (χ4n) is 1.61. The SMILES string of the molecule is C1CN[C@@H](C2CC2)C1.Cl. The average molecular weight is 148 g/mol. The Hall–Kier alpha value is 0.250. The Kier molecular flexibility index (Phi) is 2.36. The lowest BCUT2D eigenvalue weighted by molar-refractivity contribution is 0.539. The summed E-state index contributed by atoms with van der Waals surface area (Å²) in [5.74, 6) is 1.08. The van der Waals surface area contributed by atoms with Crippen LogP contribution in [-0.2, 0) is 0 Å². The van der Waals surface area contributed by atoms with Gasteiger partial charge in [0.2, 0.25) is 0 Å². The monoisotopic (exact) mass is 147 g/mol. The van der Waals surface area contributed by atoms with Gasteiger partial charge in [0.05, 0.1) is 0 Å². The summed E-state index contributed by atoms with van der Waals surface area (Å²) in [6, 6.07) is 0.926. The molecule has 2 rings (SSSR count). The Morgan fingerprint density at radius 3 is 2.33 bits per heavy atom. The van der Waals surface area contributed by atoms with Crippen molar-refractivity contribution in [2.45, 2.75) is 31.7 Å². The Morgan fingerprint density at radius 2 is 1.89 bits per heavy atom. The molecule has 1 saturated carbocycles. The van der Waals surface area contributed by atoms with Gasteiger partial charge in [0.1, 0.15) is 0 Å². The Bertz CT molecular complexity index is 84.9. The molecule has 0 aromatic carbocycles. The molecule has 1 atom stereocenters. The Morgan fingerprint density at radius 1 is 1.11 bits per heavy atom. The minimum Gasteiger partial charge on any atom is -0.314 e. The van der Waals surface area contributed by atoms with Gasteiger partial charge in [-0.3, -0.25) is 0 Å². The molecular weight excluding hydrogens is 134 g/mol. The molecule has 1 saturated heterocycles. The summed E-state index contributed by atoms with van der Waals surface area (Å²) in [5.41, 5.74) is 0. The molecule has 2 fully saturated rings. The van der Waals surface area contributed by atoms with E-state index in [4.69, 9.17) is 0 Å². The van der Waals surface area contributed by atoms with Crippen molar-refractivity contribution in [3.8, 4) is 0 Å². The minimum atomic E-state index is 0. The molecule has 1 N–H and O–H groups in total. The van der Waals surface area contributed by atoms with Crippen molar-refractivity contribution in [1.29, 1.82) is 0 Å². The van der Waals surface area contributed by atoms with E-state index in [-0.39, 0.29) is 12.4 Å². The van der Waals surface area contributed by atoms with Gasteiger partial charge in [0.25, 0.3) is 0 Å². The van der Waals surface area contributed by atoms with Gasteiger partial charge in [0.15, 0.2) is 0 Å². The van der Waals surface area contributed by atoms with E-state index in [0.29, 0.717) is 0 Å². The first-order valence-electron chi connectivity index (χ1n) is 3.70. The third-order valence-electron chi connectivity index (χ3n) is 2.29. The van der Waals surface area contributed by atoms with Crippen LogP contribution in [0.5, 0.6) is 0 Å². The van der Waals surface area contributed by atoms with Gasteiger partial charge in [-0.25, -0.2) is 0 Å². The summed E-state index contributed by atoms with van der Waals surface area (Å²) in [6.45, 7) is 1.28. The van der Waals surface area contributed by atoms with Gasteiger partial charge >= 0.3 is 0 Å². The van der Waals surface area contributed by atoms with Crippen LogP contribution in [-0.4, -0.2) is 12.6 Å². The summed E-state index contributed by atoms with van der Waals surface area (Å²) in [4.78, 5) is 0. The van der Waals surface area contributed by atoms with Crippen molar-refractivity contribution in [1.82, 2.24) is 5.32 Å². The molecule has 2 aliphatic rings. The molecule has 0 unspecified atom stereocenters. The normalized spacial score (nSPS) is 34.0. The highest BCUT2D eigenvalue weighted by molar-refractivity contribution is 5.85. The summed E-state index contributed by atoms with van der Waals surface area (Å²) in [7, 11) is 0. The zero-order valence-electron chi connectivity index (χ0n) is 5.60. The van der Waals surface area contributed by atoms with Crippen LogP contribution in [0.2, 0.25) is 0 Å². The van der Waals surface area contributed by atoms with E-state index >= 15 is 0 Å². The van der Waals surface area contributed by atoms with E-state index in [1.807, 2.05) is 0 Å². The molecule has 0 bridgehead atoms. The van der Waals surface area contributed by atoms with E-state index in [9.17, 15) is 0 Å². The summed E-state index contributed by atoms with van der Waals surface area (Å²) in [6.07, 6.45) is 5.86. The average Bonchev–Trinajstić information content (AvgIpc) is 2.49. The van der Waals surface area contributed by atoms with Crippen molar-refractivity contribution < 1.29 is 0 Å². The standard InChI is InChI=1S/C7H13N.ClH/c1-2-7(8-5-1)6-3-4-6;/h6-8H,1-5H2;1H/t7-;/m1./s1. The molecule has 0 aromatic heterocycles.